The number of ether oxygens (including phenoxy) is 1. The first-order chi connectivity index (χ1) is 7.38. The molecule has 0 fully saturated rings. The highest BCUT2D eigenvalue weighted by molar-refractivity contribution is 5.25. The number of aromatic nitrogens is 2. The third kappa shape index (κ3) is 4.34. The first-order valence-electron chi connectivity index (χ1n) is 5.62. The van der Waals surface area contributed by atoms with E-state index in [2.05, 4.69) is 21.8 Å². The molecule has 1 aromatic heterocycles. The molecule has 0 saturated heterocycles. The third-order valence-electron chi connectivity index (χ3n) is 2.32. The van der Waals surface area contributed by atoms with Gasteiger partial charge in [-0.05, 0) is 6.42 Å². The van der Waals surface area contributed by atoms with Gasteiger partial charge in [-0.3, -0.25) is 0 Å². The Hall–Kier alpha value is -1.03. The number of rotatable bonds is 8. The maximum Gasteiger partial charge on any atom is 0.202 e. The van der Waals surface area contributed by atoms with Crippen molar-refractivity contribution < 1.29 is 4.74 Å². The highest BCUT2D eigenvalue weighted by Gasteiger charge is 2.00. The number of hydrogen-bond donors (Lipinski definition) is 1. The number of hydrogen-bond acceptors (Lipinski definition) is 3. The molecule has 1 N–H and O–H groups in total. The van der Waals surface area contributed by atoms with E-state index < -0.39 is 0 Å². The van der Waals surface area contributed by atoms with E-state index in [1.165, 1.54) is 19.3 Å². The molecule has 0 atom stereocenters. The van der Waals surface area contributed by atoms with Crippen molar-refractivity contribution in [2.24, 2.45) is 0 Å². The summed E-state index contributed by atoms with van der Waals surface area (Å²) in [7, 11) is 1.71. The van der Waals surface area contributed by atoms with E-state index in [0.717, 1.165) is 25.6 Å². The number of nitrogens with one attached hydrogen (secondary N) is 1. The Bertz CT molecular complexity index is 260. The van der Waals surface area contributed by atoms with Gasteiger partial charge >= 0.3 is 0 Å². The highest BCUT2D eigenvalue weighted by Crippen LogP contribution is 2.04. The standard InChI is InChI=1S/C11H21N3O/c1-3-4-5-6-12-11-13-7-8-14(11)9-10-15-2/h7-8H,3-6,9-10H2,1-2H3,(H,12,13). The number of nitrogens with zero attached hydrogens (tertiary/aromatic N) is 2. The van der Waals surface area contributed by atoms with Crippen LogP contribution >= 0.6 is 0 Å². The molecule has 0 spiro atoms. The zero-order valence-corrected chi connectivity index (χ0v) is 9.70. The lowest BCUT2D eigenvalue weighted by atomic mass is 10.2. The van der Waals surface area contributed by atoms with E-state index in [1.807, 2.05) is 12.4 Å². The summed E-state index contributed by atoms with van der Waals surface area (Å²) in [6.07, 6.45) is 7.51. The Morgan fingerprint density at radius 1 is 1.47 bits per heavy atom. The minimum Gasteiger partial charge on any atom is -0.383 e. The lowest BCUT2D eigenvalue weighted by Crippen LogP contribution is -2.10. The average Bonchev–Trinajstić information content (AvgIpc) is 2.69. The fourth-order valence-electron chi connectivity index (χ4n) is 1.42. The van der Waals surface area contributed by atoms with E-state index >= 15 is 0 Å². The summed E-state index contributed by atoms with van der Waals surface area (Å²) in [5.74, 6) is 0.947. The molecule has 1 heterocycles. The number of imidazole rings is 1. The molecule has 0 aliphatic heterocycles. The largest absolute Gasteiger partial charge is 0.383 e. The molecule has 0 aliphatic carbocycles. The van der Waals surface area contributed by atoms with E-state index in [9.17, 15) is 0 Å². The molecule has 0 aromatic carbocycles. The van der Waals surface area contributed by atoms with Crippen LogP contribution < -0.4 is 5.32 Å². The van der Waals surface area contributed by atoms with Crippen LogP contribution in [0.15, 0.2) is 12.4 Å². The molecule has 0 bridgehead atoms. The molecule has 86 valence electrons. The smallest absolute Gasteiger partial charge is 0.202 e. The Morgan fingerprint density at radius 3 is 3.07 bits per heavy atom. The van der Waals surface area contributed by atoms with Crippen LogP contribution in [-0.2, 0) is 11.3 Å². The van der Waals surface area contributed by atoms with E-state index in [-0.39, 0.29) is 0 Å². The van der Waals surface area contributed by atoms with Crippen LogP contribution in [0.3, 0.4) is 0 Å². The van der Waals surface area contributed by atoms with E-state index in [4.69, 9.17) is 4.74 Å². The monoisotopic (exact) mass is 211 g/mol. The van der Waals surface area contributed by atoms with Crippen molar-refractivity contribution in [3.63, 3.8) is 0 Å². The summed E-state index contributed by atoms with van der Waals surface area (Å²) in [5.41, 5.74) is 0. The normalized spacial score (nSPS) is 10.5. The van der Waals surface area contributed by atoms with Gasteiger partial charge in [0.25, 0.3) is 0 Å². The van der Waals surface area contributed by atoms with Crippen molar-refractivity contribution in [3.05, 3.63) is 12.4 Å². The summed E-state index contributed by atoms with van der Waals surface area (Å²) < 4.78 is 7.12. The predicted octanol–water partition coefficient (Wildman–Crippen LogP) is 2.13. The van der Waals surface area contributed by atoms with Gasteiger partial charge in [-0.1, -0.05) is 19.8 Å². The first kappa shape index (κ1) is 12.0. The molecule has 4 nitrogen and oxygen atoms in total. The van der Waals surface area contributed by atoms with Crippen molar-refractivity contribution >= 4 is 5.95 Å². The Morgan fingerprint density at radius 2 is 2.33 bits per heavy atom. The van der Waals surface area contributed by atoms with Crippen molar-refractivity contribution in [1.82, 2.24) is 9.55 Å². The molecule has 15 heavy (non-hydrogen) atoms. The van der Waals surface area contributed by atoms with Crippen molar-refractivity contribution in [2.45, 2.75) is 32.7 Å². The first-order valence-corrected chi connectivity index (χ1v) is 5.62. The highest BCUT2D eigenvalue weighted by atomic mass is 16.5. The van der Waals surface area contributed by atoms with Crippen LogP contribution in [0.5, 0.6) is 0 Å². The minimum absolute atomic E-state index is 0.722. The molecule has 0 saturated carbocycles. The fraction of sp³-hybridized carbons (Fsp3) is 0.727. The van der Waals surface area contributed by atoms with Gasteiger partial charge in [0.2, 0.25) is 5.95 Å². The molecular formula is C11H21N3O. The quantitative estimate of drug-likeness (QED) is 0.669. The van der Waals surface area contributed by atoms with Crippen molar-refractivity contribution in [3.8, 4) is 0 Å². The zero-order chi connectivity index (χ0) is 10.9. The Kier molecular flexibility index (Phi) is 5.85. The third-order valence-corrected chi connectivity index (χ3v) is 2.32. The van der Waals surface area contributed by atoms with Crippen LogP contribution in [-0.4, -0.2) is 29.8 Å². The van der Waals surface area contributed by atoms with Crippen molar-refractivity contribution in [2.75, 3.05) is 25.6 Å². The second-order valence-corrected chi connectivity index (χ2v) is 3.57. The summed E-state index contributed by atoms with van der Waals surface area (Å²) >= 11 is 0. The molecular weight excluding hydrogens is 190 g/mol. The fourth-order valence-corrected chi connectivity index (χ4v) is 1.42. The van der Waals surface area contributed by atoms with Gasteiger partial charge in [-0.15, -0.1) is 0 Å². The number of unbranched alkanes of at least 4 members (excludes halogenated alkanes) is 2. The van der Waals surface area contributed by atoms with E-state index in [0.29, 0.717) is 0 Å². The summed E-state index contributed by atoms with van der Waals surface area (Å²) in [6, 6.07) is 0. The summed E-state index contributed by atoms with van der Waals surface area (Å²) in [4.78, 5) is 4.26. The van der Waals surface area contributed by atoms with Gasteiger partial charge in [-0.2, -0.15) is 0 Å². The number of methoxy groups -OCH3 is 1. The lowest BCUT2D eigenvalue weighted by molar-refractivity contribution is 0.187. The van der Waals surface area contributed by atoms with Crippen LogP contribution in [0.1, 0.15) is 26.2 Å². The van der Waals surface area contributed by atoms with Gasteiger partial charge in [0.15, 0.2) is 0 Å². The molecule has 0 radical (unpaired) electrons. The maximum absolute atomic E-state index is 5.04. The van der Waals surface area contributed by atoms with Crippen LogP contribution in [0.25, 0.3) is 0 Å². The molecule has 1 rings (SSSR count). The second-order valence-electron chi connectivity index (χ2n) is 3.57. The number of anilines is 1. The van der Waals surface area contributed by atoms with Gasteiger partial charge in [0.1, 0.15) is 0 Å². The van der Waals surface area contributed by atoms with Crippen LogP contribution in [0.4, 0.5) is 5.95 Å². The molecule has 1 aromatic rings. The topological polar surface area (TPSA) is 39.1 Å². The zero-order valence-electron chi connectivity index (χ0n) is 9.70. The molecule has 0 amide bonds. The SMILES string of the molecule is CCCCCNc1nccn1CCOC. The average molecular weight is 211 g/mol. The van der Waals surface area contributed by atoms with Gasteiger partial charge in [0.05, 0.1) is 6.61 Å². The second kappa shape index (κ2) is 7.29. The van der Waals surface area contributed by atoms with E-state index in [1.54, 1.807) is 7.11 Å². The predicted molar refractivity (Wildman–Crippen MR) is 62.1 cm³/mol. The maximum atomic E-state index is 5.04. The Labute approximate surface area is 91.7 Å². The lowest BCUT2D eigenvalue weighted by Gasteiger charge is -2.08. The summed E-state index contributed by atoms with van der Waals surface area (Å²) in [5, 5.41) is 3.33. The van der Waals surface area contributed by atoms with Crippen LogP contribution in [0.2, 0.25) is 0 Å². The van der Waals surface area contributed by atoms with Gasteiger partial charge < -0.3 is 14.6 Å². The molecule has 4 heteroatoms. The van der Waals surface area contributed by atoms with Gasteiger partial charge in [-0.25, -0.2) is 4.98 Å². The van der Waals surface area contributed by atoms with Crippen LogP contribution in [0, 0.1) is 0 Å². The van der Waals surface area contributed by atoms with Gasteiger partial charge in [0, 0.05) is 32.6 Å². The minimum atomic E-state index is 0.722. The molecule has 0 aliphatic rings. The van der Waals surface area contributed by atoms with Crippen molar-refractivity contribution in [1.29, 1.82) is 0 Å². The summed E-state index contributed by atoms with van der Waals surface area (Å²) in [6.45, 7) is 4.78. The molecule has 0 unspecified atom stereocenters. The Balaban J connectivity index is 2.29.